The highest BCUT2D eigenvalue weighted by atomic mass is 19.1. The first-order valence-corrected chi connectivity index (χ1v) is 25.6. The molecule has 5 heterocycles. The van der Waals surface area contributed by atoms with E-state index in [1.54, 1.807) is 0 Å². The zero-order valence-electron chi connectivity index (χ0n) is 41.8. The van der Waals surface area contributed by atoms with Gasteiger partial charge < -0.3 is 49.9 Å². The molecule has 4 aliphatic heterocycles. The predicted octanol–water partition coefficient (Wildman–Crippen LogP) is 5.22. The van der Waals surface area contributed by atoms with Gasteiger partial charge in [0.2, 0.25) is 23.6 Å². The van der Waals surface area contributed by atoms with Gasteiger partial charge in [0.1, 0.15) is 17.7 Å². The molecule has 4 fully saturated rings. The molecule has 5 N–H and O–H groups in total. The lowest BCUT2D eigenvalue weighted by Gasteiger charge is -2.36. The van der Waals surface area contributed by atoms with Crippen LogP contribution in [0.2, 0.25) is 0 Å². The average Bonchev–Trinajstić information content (AvgIpc) is 3.79. The molecule has 1 aromatic heterocycles. The lowest BCUT2D eigenvalue weighted by atomic mass is 10.0. The van der Waals surface area contributed by atoms with Crippen molar-refractivity contribution in [2.24, 2.45) is 0 Å². The third-order valence-electron chi connectivity index (χ3n) is 14.3. The predicted molar refractivity (Wildman–Crippen MR) is 278 cm³/mol. The molecule has 4 saturated heterocycles. The number of benzene rings is 4. The number of anilines is 5. The molecule has 0 radical (unpaired) electrons. The number of ether oxygens (including phenoxy) is 2. The Morgan fingerprint density at radius 1 is 0.676 bits per heavy atom. The Morgan fingerprint density at radius 2 is 1.31 bits per heavy atom. The zero-order valence-corrected chi connectivity index (χ0v) is 41.8. The van der Waals surface area contributed by atoms with Crippen LogP contribution in [0, 0.1) is 11.6 Å². The molecule has 20 heteroatoms. The number of H-pyrrole nitrogens is 1. The van der Waals surface area contributed by atoms with E-state index in [4.69, 9.17) is 9.47 Å². The number of halogens is 2. The Morgan fingerprint density at radius 3 is 1.99 bits per heavy atom. The van der Waals surface area contributed by atoms with Crippen molar-refractivity contribution in [1.82, 2.24) is 30.2 Å². The molecule has 5 aromatic rings. The normalized spacial score (nSPS) is 17.9. The largest absolute Gasteiger partial charge is 0.381 e. The third kappa shape index (κ3) is 13.5. The number of imide groups is 1. The molecule has 4 aliphatic rings. The quantitative estimate of drug-likeness (QED) is 0.0534. The smallest absolute Gasteiger partial charge is 0.258 e. The third-order valence-corrected chi connectivity index (χ3v) is 14.3. The summed E-state index contributed by atoms with van der Waals surface area (Å²) in [5.74, 6) is -1.77. The van der Waals surface area contributed by atoms with Crippen LogP contribution >= 0.6 is 0 Å². The van der Waals surface area contributed by atoms with E-state index in [-0.39, 0.29) is 61.6 Å². The summed E-state index contributed by atoms with van der Waals surface area (Å²) in [6.07, 6.45) is 2.98. The summed E-state index contributed by atoms with van der Waals surface area (Å²) >= 11 is 0. The van der Waals surface area contributed by atoms with Gasteiger partial charge in [0.25, 0.3) is 5.91 Å². The molecular formula is C54H65F2N11O7. The van der Waals surface area contributed by atoms with Gasteiger partial charge in [-0.1, -0.05) is 6.07 Å². The summed E-state index contributed by atoms with van der Waals surface area (Å²) in [6, 6.07) is 22.3. The molecule has 0 saturated carbocycles. The zero-order chi connectivity index (χ0) is 51.6. The van der Waals surface area contributed by atoms with Gasteiger partial charge in [0.05, 0.1) is 50.3 Å². The summed E-state index contributed by atoms with van der Waals surface area (Å²) in [5.41, 5.74) is 6.00. The van der Waals surface area contributed by atoms with E-state index in [1.807, 2.05) is 70.5 Å². The minimum atomic E-state index is -0.640. The standard InChI is InChI=1S/C54H65F2N11O7/c1-63-18-20-65(21-19-63)43-7-8-44(53(71)60-52-45-33-36(2-9-46(45)61-62-52)30-37-31-38(55)34-39(56)32-37)48(35-43)58-41-12-16-66(17-13-41)50(69)14-26-73-28-29-74-27-15-51(70)67-24-22-64(23-25-67)42-5-3-40(4-6-42)57-47-10-11-49(68)59-54(47)72/h2-9,31-35,41,47,57-58H,10-30H2,1H3,(H,59,68,72)(H2,60,61,62,71). The number of hydrogen-bond acceptors (Lipinski definition) is 13. The molecule has 0 aliphatic carbocycles. The Hall–Kier alpha value is -7.16. The Balaban J connectivity index is 0.683. The van der Waals surface area contributed by atoms with E-state index in [1.165, 1.54) is 12.1 Å². The van der Waals surface area contributed by atoms with Crippen LogP contribution in [0.15, 0.2) is 78.9 Å². The molecular weight excluding hydrogens is 953 g/mol. The second kappa shape index (κ2) is 24.2. The van der Waals surface area contributed by atoms with Gasteiger partial charge in [-0.3, -0.25) is 34.4 Å². The second-order valence-corrected chi connectivity index (χ2v) is 19.5. The SMILES string of the molecule is CN1CCN(c2ccc(C(=O)Nc3n[nH]c4ccc(Cc5cc(F)cc(F)c5)cc34)c(NC3CCN(C(=O)CCOCCOCCC(=O)N4CCN(c5ccc(NC6CCC(=O)NC6=O)cc5)CC4)CC3)c2)CC1. The van der Waals surface area contributed by atoms with Gasteiger partial charge in [-0.25, -0.2) is 8.78 Å². The van der Waals surface area contributed by atoms with E-state index in [0.717, 1.165) is 54.9 Å². The number of carbonyl (C=O) groups excluding carboxylic acids is 5. The molecule has 5 amide bonds. The minimum absolute atomic E-state index is 0.0157. The van der Waals surface area contributed by atoms with Crippen LogP contribution in [-0.2, 0) is 35.1 Å². The van der Waals surface area contributed by atoms with Crippen LogP contribution < -0.4 is 31.1 Å². The second-order valence-electron chi connectivity index (χ2n) is 19.5. The Labute approximate surface area is 429 Å². The van der Waals surface area contributed by atoms with Crippen LogP contribution in [0.25, 0.3) is 10.9 Å². The number of aromatic amines is 1. The summed E-state index contributed by atoms with van der Waals surface area (Å²) in [6.45, 7) is 8.49. The van der Waals surface area contributed by atoms with Crippen LogP contribution in [0.1, 0.15) is 60.0 Å². The average molecular weight is 1020 g/mol. The van der Waals surface area contributed by atoms with E-state index >= 15 is 0 Å². The molecule has 9 rings (SSSR count). The number of fused-ring (bicyclic) bond motifs is 1. The number of nitrogens with zero attached hydrogens (tertiary/aromatic N) is 6. The van der Waals surface area contributed by atoms with E-state index in [2.05, 4.69) is 53.2 Å². The minimum Gasteiger partial charge on any atom is -0.381 e. The van der Waals surface area contributed by atoms with Gasteiger partial charge in [-0.2, -0.15) is 5.10 Å². The molecule has 392 valence electrons. The van der Waals surface area contributed by atoms with Crippen LogP contribution in [0.3, 0.4) is 0 Å². The van der Waals surface area contributed by atoms with Crippen LogP contribution in [-0.4, -0.2) is 165 Å². The fraction of sp³-hybridized carbons (Fsp3) is 0.444. The molecule has 1 atom stereocenters. The molecule has 0 spiro atoms. The lowest BCUT2D eigenvalue weighted by Crippen LogP contribution is -2.49. The van der Waals surface area contributed by atoms with Crippen molar-refractivity contribution >= 4 is 69.0 Å². The first-order valence-electron chi connectivity index (χ1n) is 25.6. The maximum absolute atomic E-state index is 14.1. The maximum Gasteiger partial charge on any atom is 0.258 e. The lowest BCUT2D eigenvalue weighted by molar-refractivity contribution is -0.134. The molecule has 4 aromatic carbocycles. The fourth-order valence-electron chi connectivity index (χ4n) is 9.97. The van der Waals surface area contributed by atoms with Crippen molar-refractivity contribution < 1.29 is 42.2 Å². The van der Waals surface area contributed by atoms with Crippen LogP contribution in [0.4, 0.5) is 37.3 Å². The number of nitrogens with one attached hydrogen (secondary N) is 5. The van der Waals surface area contributed by atoms with Gasteiger partial charge in [-0.15, -0.1) is 0 Å². The fourth-order valence-corrected chi connectivity index (χ4v) is 9.97. The molecule has 0 bridgehead atoms. The van der Waals surface area contributed by atoms with Gasteiger partial charge in [0.15, 0.2) is 5.82 Å². The van der Waals surface area contributed by atoms with E-state index in [0.29, 0.717) is 118 Å². The first-order chi connectivity index (χ1) is 35.9. The van der Waals surface area contributed by atoms with E-state index < -0.39 is 17.7 Å². The number of likely N-dealkylation sites (N-methyl/N-ethyl adjacent to an activating group) is 1. The first kappa shape index (κ1) is 51.7. The summed E-state index contributed by atoms with van der Waals surface area (Å²) in [7, 11) is 2.11. The van der Waals surface area contributed by atoms with Gasteiger partial charge in [-0.05, 0) is 111 Å². The van der Waals surface area contributed by atoms with Gasteiger partial charge >= 0.3 is 0 Å². The summed E-state index contributed by atoms with van der Waals surface area (Å²) in [4.78, 5) is 74.4. The van der Waals surface area contributed by atoms with E-state index in [9.17, 15) is 32.8 Å². The highest BCUT2D eigenvalue weighted by Crippen LogP contribution is 2.30. The van der Waals surface area contributed by atoms with Crippen molar-refractivity contribution in [2.45, 2.75) is 57.0 Å². The van der Waals surface area contributed by atoms with Crippen molar-refractivity contribution in [1.29, 1.82) is 0 Å². The monoisotopic (exact) mass is 1020 g/mol. The van der Waals surface area contributed by atoms with Crippen molar-refractivity contribution in [3.63, 3.8) is 0 Å². The van der Waals surface area contributed by atoms with Crippen molar-refractivity contribution in [3.8, 4) is 0 Å². The van der Waals surface area contributed by atoms with Crippen molar-refractivity contribution in [2.75, 3.05) is 125 Å². The number of aromatic nitrogens is 2. The topological polar surface area (TPSA) is 197 Å². The maximum atomic E-state index is 14.1. The number of likely N-dealkylation sites (tertiary alicyclic amines) is 1. The Kier molecular flexibility index (Phi) is 17.0. The highest BCUT2D eigenvalue weighted by Gasteiger charge is 2.28. The molecule has 74 heavy (non-hydrogen) atoms. The summed E-state index contributed by atoms with van der Waals surface area (Å²) < 4.78 is 39.3. The number of piperidine rings is 2. The highest BCUT2D eigenvalue weighted by molar-refractivity contribution is 6.11. The number of carbonyl (C=O) groups is 5. The summed E-state index contributed by atoms with van der Waals surface area (Å²) in [5, 5.41) is 20.3. The van der Waals surface area contributed by atoms with Gasteiger partial charge in [0, 0.05) is 112 Å². The van der Waals surface area contributed by atoms with Crippen LogP contribution in [0.5, 0.6) is 0 Å². The molecule has 1 unspecified atom stereocenters. The number of hydrogen-bond donors (Lipinski definition) is 5. The number of amides is 5. The molecule has 18 nitrogen and oxygen atoms in total. The number of rotatable bonds is 19. The Bertz CT molecular complexity index is 2770. The van der Waals surface area contributed by atoms with Crippen molar-refractivity contribution in [3.05, 3.63) is 107 Å². The number of piperazine rings is 2.